The van der Waals surface area contributed by atoms with Crippen molar-refractivity contribution in [1.29, 1.82) is 0 Å². The van der Waals surface area contributed by atoms with Crippen LogP contribution >= 0.6 is 23.2 Å². The lowest BCUT2D eigenvalue weighted by Gasteiger charge is -2.27. The Morgan fingerprint density at radius 1 is 0.947 bits per heavy atom. The molecule has 2 rings (SSSR count). The summed E-state index contributed by atoms with van der Waals surface area (Å²) >= 11 is 11.7. The van der Waals surface area contributed by atoms with E-state index in [0.29, 0.717) is 0 Å². The van der Waals surface area contributed by atoms with Gasteiger partial charge in [-0.2, -0.15) is 0 Å². The molecule has 0 aliphatic carbocycles. The van der Waals surface area contributed by atoms with E-state index < -0.39 is 17.2 Å². The zero-order chi connectivity index (χ0) is 14.2. The second-order valence-corrected chi connectivity index (χ2v) is 5.24. The van der Waals surface area contributed by atoms with E-state index in [-0.39, 0.29) is 21.2 Å². The van der Waals surface area contributed by atoms with Crippen molar-refractivity contribution in [3.63, 3.8) is 0 Å². The van der Waals surface area contributed by atoms with E-state index in [4.69, 9.17) is 28.9 Å². The molecule has 0 aliphatic heterocycles. The molecule has 0 heterocycles. The summed E-state index contributed by atoms with van der Waals surface area (Å²) in [7, 11) is 0. The van der Waals surface area contributed by atoms with Crippen LogP contribution in [0.3, 0.4) is 0 Å². The lowest BCUT2D eigenvalue weighted by molar-refractivity contribution is 0.526. The molecule has 0 saturated heterocycles. The summed E-state index contributed by atoms with van der Waals surface area (Å²) in [6.45, 7) is 1.57. The van der Waals surface area contributed by atoms with Crippen LogP contribution in [-0.4, -0.2) is 0 Å². The molecule has 1 unspecified atom stereocenters. The molecule has 0 aromatic heterocycles. The smallest absolute Gasteiger partial charge is 0.142 e. The molecule has 1 nitrogen and oxygen atoms in total. The zero-order valence-corrected chi connectivity index (χ0v) is 11.6. The fourth-order valence-electron chi connectivity index (χ4n) is 1.95. The lowest BCUT2D eigenvalue weighted by Crippen LogP contribution is -2.35. The summed E-state index contributed by atoms with van der Waals surface area (Å²) in [6.07, 6.45) is 0. The van der Waals surface area contributed by atoms with Gasteiger partial charge in [-0.3, -0.25) is 0 Å². The van der Waals surface area contributed by atoms with Crippen LogP contribution in [0.2, 0.25) is 10.0 Å². The summed E-state index contributed by atoms with van der Waals surface area (Å²) in [5.41, 5.74) is 5.40. The van der Waals surface area contributed by atoms with Crippen LogP contribution in [0, 0.1) is 11.6 Å². The molecule has 0 radical (unpaired) electrons. The predicted octanol–water partition coefficient (Wildman–Crippen LogP) is 4.49. The van der Waals surface area contributed by atoms with Gasteiger partial charge in [0, 0.05) is 10.6 Å². The number of hydrogen-bond acceptors (Lipinski definition) is 1. The summed E-state index contributed by atoms with van der Waals surface area (Å²) in [5, 5.41) is 0.0951. The highest BCUT2D eigenvalue weighted by Crippen LogP contribution is 2.35. The highest BCUT2D eigenvalue weighted by atomic mass is 35.5. The number of hydrogen-bond donors (Lipinski definition) is 1. The molecule has 5 heteroatoms. The Hall–Kier alpha value is -1.16. The quantitative estimate of drug-likeness (QED) is 0.812. The molecular formula is C14H11Cl2F2N. The van der Waals surface area contributed by atoms with Gasteiger partial charge in [0.1, 0.15) is 11.6 Å². The Morgan fingerprint density at radius 2 is 1.58 bits per heavy atom. The van der Waals surface area contributed by atoms with Crippen molar-refractivity contribution in [2.45, 2.75) is 12.5 Å². The van der Waals surface area contributed by atoms with Crippen molar-refractivity contribution in [2.24, 2.45) is 5.73 Å². The van der Waals surface area contributed by atoms with Gasteiger partial charge < -0.3 is 5.73 Å². The van der Waals surface area contributed by atoms with E-state index in [1.807, 2.05) is 0 Å². The summed E-state index contributed by atoms with van der Waals surface area (Å²) in [6, 6.07) is 8.44. The minimum Gasteiger partial charge on any atom is -0.318 e. The monoisotopic (exact) mass is 301 g/mol. The summed E-state index contributed by atoms with van der Waals surface area (Å²) in [5.74, 6) is -1.12. The van der Waals surface area contributed by atoms with Crippen molar-refractivity contribution in [3.05, 3.63) is 69.2 Å². The largest absolute Gasteiger partial charge is 0.318 e. The average Bonchev–Trinajstić information content (AvgIpc) is 2.34. The topological polar surface area (TPSA) is 26.0 Å². The van der Waals surface area contributed by atoms with Crippen molar-refractivity contribution in [3.8, 4) is 0 Å². The zero-order valence-electron chi connectivity index (χ0n) is 10.1. The molecule has 0 saturated carbocycles. The van der Waals surface area contributed by atoms with Crippen LogP contribution in [0.4, 0.5) is 8.78 Å². The molecule has 0 amide bonds. The van der Waals surface area contributed by atoms with E-state index in [1.165, 1.54) is 18.2 Å². The maximum absolute atomic E-state index is 13.8. The van der Waals surface area contributed by atoms with Crippen molar-refractivity contribution >= 4 is 23.2 Å². The first-order chi connectivity index (χ1) is 8.84. The Bertz CT molecular complexity index is 627. The van der Waals surface area contributed by atoms with Gasteiger partial charge >= 0.3 is 0 Å². The minimum atomic E-state index is -1.26. The Labute approximate surface area is 119 Å². The van der Waals surface area contributed by atoms with Crippen molar-refractivity contribution in [1.82, 2.24) is 0 Å². The maximum atomic E-state index is 13.8. The Kier molecular flexibility index (Phi) is 3.81. The van der Waals surface area contributed by atoms with E-state index >= 15 is 0 Å². The van der Waals surface area contributed by atoms with Gasteiger partial charge in [-0.1, -0.05) is 41.4 Å². The van der Waals surface area contributed by atoms with Gasteiger partial charge in [0.2, 0.25) is 0 Å². The first-order valence-electron chi connectivity index (χ1n) is 5.53. The summed E-state index contributed by atoms with van der Waals surface area (Å²) < 4.78 is 27.4. The normalized spacial score (nSPS) is 14.2. The van der Waals surface area contributed by atoms with Gasteiger partial charge in [0.15, 0.2) is 0 Å². The Morgan fingerprint density at radius 3 is 2.21 bits per heavy atom. The molecule has 0 aliphatic rings. The number of nitrogens with two attached hydrogens (primary N) is 1. The minimum absolute atomic E-state index is 0.0990. The van der Waals surface area contributed by atoms with Crippen LogP contribution in [0.5, 0.6) is 0 Å². The standard InChI is InChI=1S/C14H11Cl2F2N/c1-14(19,8-4-2-3-5-12(8)17)9-6-13(18)11(16)7-10(9)15/h2-7H,19H2,1H3. The van der Waals surface area contributed by atoms with E-state index in [2.05, 4.69) is 0 Å². The van der Waals surface area contributed by atoms with Crippen LogP contribution in [0.25, 0.3) is 0 Å². The molecule has 0 spiro atoms. The lowest BCUT2D eigenvalue weighted by atomic mass is 9.85. The number of halogens is 4. The molecular weight excluding hydrogens is 291 g/mol. The van der Waals surface area contributed by atoms with Gasteiger partial charge in [0.25, 0.3) is 0 Å². The Balaban J connectivity index is 2.63. The molecule has 0 bridgehead atoms. The van der Waals surface area contributed by atoms with E-state index in [9.17, 15) is 8.78 Å². The second kappa shape index (κ2) is 5.08. The average molecular weight is 302 g/mol. The maximum Gasteiger partial charge on any atom is 0.142 e. The van der Waals surface area contributed by atoms with Crippen LogP contribution < -0.4 is 5.73 Å². The third-order valence-corrected chi connectivity index (χ3v) is 3.61. The fraction of sp³-hybridized carbons (Fsp3) is 0.143. The van der Waals surface area contributed by atoms with Crippen LogP contribution in [0.15, 0.2) is 36.4 Å². The molecule has 2 N–H and O–H groups in total. The van der Waals surface area contributed by atoms with Gasteiger partial charge in [-0.15, -0.1) is 0 Å². The molecule has 1 atom stereocenters. The molecule has 19 heavy (non-hydrogen) atoms. The third kappa shape index (κ3) is 2.59. The van der Waals surface area contributed by atoms with Crippen LogP contribution in [0.1, 0.15) is 18.1 Å². The molecule has 2 aromatic carbocycles. The van der Waals surface area contributed by atoms with Crippen LogP contribution in [-0.2, 0) is 5.54 Å². The highest BCUT2D eigenvalue weighted by Gasteiger charge is 2.29. The van der Waals surface area contributed by atoms with E-state index in [1.54, 1.807) is 19.1 Å². The van der Waals surface area contributed by atoms with Crippen molar-refractivity contribution < 1.29 is 8.78 Å². The first kappa shape index (κ1) is 14.3. The third-order valence-electron chi connectivity index (χ3n) is 3.00. The van der Waals surface area contributed by atoms with Crippen molar-refractivity contribution in [2.75, 3.05) is 0 Å². The number of rotatable bonds is 2. The molecule has 0 fully saturated rings. The van der Waals surface area contributed by atoms with E-state index in [0.717, 1.165) is 6.07 Å². The first-order valence-corrected chi connectivity index (χ1v) is 6.28. The summed E-state index contributed by atoms with van der Waals surface area (Å²) in [4.78, 5) is 0. The second-order valence-electron chi connectivity index (χ2n) is 4.43. The van der Waals surface area contributed by atoms with Gasteiger partial charge in [-0.05, 0) is 30.7 Å². The highest BCUT2D eigenvalue weighted by molar-refractivity contribution is 6.35. The molecule has 2 aromatic rings. The SMILES string of the molecule is CC(N)(c1ccccc1F)c1cc(F)c(Cl)cc1Cl. The van der Waals surface area contributed by atoms with Gasteiger partial charge in [-0.25, -0.2) is 8.78 Å². The van der Waals surface area contributed by atoms with Gasteiger partial charge in [0.05, 0.1) is 10.6 Å². The molecule has 100 valence electrons. The predicted molar refractivity (Wildman–Crippen MR) is 73.5 cm³/mol. The number of benzene rings is 2. The fourth-order valence-corrected chi connectivity index (χ4v) is 2.53.